The predicted molar refractivity (Wildman–Crippen MR) is 40.3 cm³/mol. The Balaban J connectivity index is 2.74. The van der Waals surface area contributed by atoms with Crippen molar-refractivity contribution in [1.29, 1.82) is 0 Å². The van der Waals surface area contributed by atoms with E-state index in [1.165, 1.54) is 6.26 Å². The summed E-state index contributed by atoms with van der Waals surface area (Å²) in [6.07, 6.45) is 2.37. The van der Waals surface area contributed by atoms with E-state index in [1.54, 1.807) is 6.07 Å². The third-order valence-corrected chi connectivity index (χ3v) is 1.45. The van der Waals surface area contributed by atoms with Crippen molar-refractivity contribution in [1.82, 2.24) is 0 Å². The highest BCUT2D eigenvalue weighted by atomic mass is 16.3. The number of furan rings is 1. The number of hydrogen-bond acceptors (Lipinski definition) is 3. The second-order valence-electron chi connectivity index (χ2n) is 2.30. The molecule has 0 fully saturated rings. The maximum Gasteiger partial charge on any atom is 0.122 e. The van der Waals surface area contributed by atoms with Crippen molar-refractivity contribution >= 4 is 5.69 Å². The number of nitrogen functional groups attached to an aromatic ring is 1. The maximum absolute atomic E-state index is 5.66. The first kappa shape index (κ1) is 7.15. The van der Waals surface area contributed by atoms with Crippen molar-refractivity contribution in [2.45, 2.75) is 19.4 Å². The molecule has 0 aromatic carbocycles. The molecule has 1 aromatic heterocycles. The van der Waals surface area contributed by atoms with E-state index in [4.69, 9.17) is 15.9 Å². The molecule has 0 bridgehead atoms. The second kappa shape index (κ2) is 2.75. The fraction of sp³-hybridized carbons (Fsp3) is 0.429. The summed E-state index contributed by atoms with van der Waals surface area (Å²) in [5.41, 5.74) is 11.7. The van der Waals surface area contributed by atoms with Gasteiger partial charge in [-0.25, -0.2) is 0 Å². The molecule has 10 heavy (non-hydrogen) atoms. The van der Waals surface area contributed by atoms with Crippen LogP contribution in [-0.2, 0) is 0 Å². The number of hydrogen-bond donors (Lipinski definition) is 2. The molecule has 0 amide bonds. The van der Waals surface area contributed by atoms with Crippen LogP contribution in [-0.4, -0.2) is 0 Å². The third-order valence-electron chi connectivity index (χ3n) is 1.45. The van der Waals surface area contributed by atoms with Crippen molar-refractivity contribution < 1.29 is 4.42 Å². The van der Waals surface area contributed by atoms with Gasteiger partial charge in [-0.2, -0.15) is 0 Å². The summed E-state index contributed by atoms with van der Waals surface area (Å²) in [6, 6.07) is 1.74. The summed E-state index contributed by atoms with van der Waals surface area (Å²) >= 11 is 0. The van der Waals surface area contributed by atoms with Crippen LogP contribution in [0.5, 0.6) is 0 Å². The first-order chi connectivity index (χ1) is 4.74. The van der Waals surface area contributed by atoms with Gasteiger partial charge in [-0.1, -0.05) is 6.92 Å². The number of rotatable bonds is 2. The second-order valence-corrected chi connectivity index (χ2v) is 2.30. The van der Waals surface area contributed by atoms with E-state index in [1.807, 2.05) is 6.92 Å². The van der Waals surface area contributed by atoms with Crippen molar-refractivity contribution in [3.63, 3.8) is 0 Å². The molecule has 1 heterocycles. The Morgan fingerprint density at radius 2 is 2.40 bits per heavy atom. The summed E-state index contributed by atoms with van der Waals surface area (Å²) in [6.45, 7) is 2.00. The lowest BCUT2D eigenvalue weighted by Crippen LogP contribution is -2.06. The Kier molecular flexibility index (Phi) is 1.97. The van der Waals surface area contributed by atoms with Crippen LogP contribution < -0.4 is 11.5 Å². The van der Waals surface area contributed by atoms with Crippen LogP contribution in [0.2, 0.25) is 0 Å². The van der Waals surface area contributed by atoms with Gasteiger partial charge in [0.15, 0.2) is 0 Å². The first-order valence-electron chi connectivity index (χ1n) is 3.33. The van der Waals surface area contributed by atoms with E-state index in [9.17, 15) is 0 Å². The summed E-state index contributed by atoms with van der Waals surface area (Å²) in [5, 5.41) is 0. The lowest BCUT2D eigenvalue weighted by molar-refractivity contribution is 0.460. The molecule has 0 radical (unpaired) electrons. The molecule has 0 aliphatic heterocycles. The topological polar surface area (TPSA) is 65.2 Å². The van der Waals surface area contributed by atoms with Gasteiger partial charge < -0.3 is 15.9 Å². The van der Waals surface area contributed by atoms with E-state index >= 15 is 0 Å². The Bertz CT molecular complexity index is 207. The third kappa shape index (κ3) is 1.30. The number of nitrogens with two attached hydrogens (primary N) is 2. The van der Waals surface area contributed by atoms with Crippen LogP contribution in [0.4, 0.5) is 5.69 Å². The molecule has 4 N–H and O–H groups in total. The van der Waals surface area contributed by atoms with Gasteiger partial charge >= 0.3 is 0 Å². The van der Waals surface area contributed by atoms with E-state index in [0.717, 1.165) is 12.2 Å². The van der Waals surface area contributed by atoms with E-state index in [2.05, 4.69) is 0 Å². The van der Waals surface area contributed by atoms with E-state index in [0.29, 0.717) is 5.69 Å². The predicted octanol–water partition coefficient (Wildman–Crippen LogP) is 1.27. The normalized spacial score (nSPS) is 13.4. The summed E-state index contributed by atoms with van der Waals surface area (Å²) in [7, 11) is 0. The van der Waals surface area contributed by atoms with Gasteiger partial charge in [-0.05, 0) is 6.42 Å². The van der Waals surface area contributed by atoms with Crippen LogP contribution in [0.1, 0.15) is 25.1 Å². The molecule has 3 heteroatoms. The molecule has 0 aliphatic carbocycles. The molecule has 1 aromatic rings. The zero-order valence-electron chi connectivity index (χ0n) is 6.00. The van der Waals surface area contributed by atoms with Crippen molar-refractivity contribution in [2.75, 3.05) is 5.73 Å². The Labute approximate surface area is 60.0 Å². The molecule has 1 rings (SSSR count). The summed E-state index contributed by atoms with van der Waals surface area (Å²) in [4.78, 5) is 0. The summed E-state index contributed by atoms with van der Waals surface area (Å²) in [5.74, 6) is 0.764. The molecule has 1 atom stereocenters. The molecule has 0 saturated heterocycles. The van der Waals surface area contributed by atoms with Gasteiger partial charge in [0.05, 0.1) is 11.7 Å². The highest BCUT2D eigenvalue weighted by Gasteiger charge is 2.06. The minimum atomic E-state index is -0.0164. The minimum Gasteiger partial charge on any atom is -0.465 e. The average molecular weight is 140 g/mol. The van der Waals surface area contributed by atoms with Crippen LogP contribution in [0.25, 0.3) is 0 Å². The van der Waals surface area contributed by atoms with Crippen molar-refractivity contribution in [3.05, 3.63) is 18.1 Å². The zero-order valence-corrected chi connectivity index (χ0v) is 6.00. The number of anilines is 1. The summed E-state index contributed by atoms with van der Waals surface area (Å²) < 4.78 is 5.07. The fourth-order valence-corrected chi connectivity index (χ4v) is 0.764. The molecular formula is C7H12N2O. The molecular weight excluding hydrogens is 128 g/mol. The van der Waals surface area contributed by atoms with E-state index in [-0.39, 0.29) is 6.04 Å². The molecule has 0 saturated carbocycles. The standard InChI is InChI=1S/C7H12N2O/c1-2-6(9)7-3-5(8)4-10-7/h3-4,6H,2,8-9H2,1H3/t6-/m0/s1. The van der Waals surface area contributed by atoms with Gasteiger partial charge in [0.2, 0.25) is 0 Å². The smallest absolute Gasteiger partial charge is 0.122 e. The lowest BCUT2D eigenvalue weighted by Gasteiger charge is -2.01. The molecule has 56 valence electrons. The Hall–Kier alpha value is -0.960. The first-order valence-corrected chi connectivity index (χ1v) is 3.33. The fourth-order valence-electron chi connectivity index (χ4n) is 0.764. The van der Waals surface area contributed by atoms with Crippen LogP contribution in [0.3, 0.4) is 0 Å². The monoisotopic (exact) mass is 140 g/mol. The molecule has 0 spiro atoms. The van der Waals surface area contributed by atoms with Gasteiger partial charge in [0, 0.05) is 6.07 Å². The molecule has 0 aliphatic rings. The quantitative estimate of drug-likeness (QED) is 0.650. The van der Waals surface area contributed by atoms with Gasteiger partial charge in [-0.3, -0.25) is 0 Å². The largest absolute Gasteiger partial charge is 0.465 e. The van der Waals surface area contributed by atoms with Gasteiger partial charge in [0.1, 0.15) is 12.0 Å². The average Bonchev–Trinajstić information content (AvgIpc) is 2.34. The minimum absolute atomic E-state index is 0.0164. The highest BCUT2D eigenvalue weighted by molar-refractivity contribution is 5.35. The maximum atomic E-state index is 5.66. The van der Waals surface area contributed by atoms with Crippen LogP contribution >= 0.6 is 0 Å². The zero-order chi connectivity index (χ0) is 7.56. The van der Waals surface area contributed by atoms with Crippen molar-refractivity contribution in [2.24, 2.45) is 5.73 Å². The van der Waals surface area contributed by atoms with Crippen LogP contribution in [0.15, 0.2) is 16.7 Å². The highest BCUT2D eigenvalue weighted by Crippen LogP contribution is 2.17. The Morgan fingerprint density at radius 1 is 1.70 bits per heavy atom. The van der Waals surface area contributed by atoms with E-state index < -0.39 is 0 Å². The van der Waals surface area contributed by atoms with Gasteiger partial charge in [-0.15, -0.1) is 0 Å². The lowest BCUT2D eigenvalue weighted by atomic mass is 10.2. The van der Waals surface area contributed by atoms with Crippen molar-refractivity contribution in [3.8, 4) is 0 Å². The molecule has 0 unspecified atom stereocenters. The molecule has 3 nitrogen and oxygen atoms in total. The van der Waals surface area contributed by atoms with Gasteiger partial charge in [0.25, 0.3) is 0 Å². The SMILES string of the molecule is CC[C@H](N)c1cc(N)co1. The Morgan fingerprint density at radius 3 is 2.80 bits per heavy atom. The van der Waals surface area contributed by atoms with Crippen LogP contribution in [0, 0.1) is 0 Å².